The van der Waals surface area contributed by atoms with Crippen molar-refractivity contribution in [1.82, 2.24) is 0 Å². The molecular formula is C106H130Cl4O3. The van der Waals surface area contributed by atoms with Crippen molar-refractivity contribution in [3.63, 3.8) is 0 Å². The largest absolute Gasteiger partial charge is 0.497 e. The quantitative estimate of drug-likeness (QED) is 0.176. The van der Waals surface area contributed by atoms with Crippen molar-refractivity contribution in [1.29, 1.82) is 0 Å². The zero-order valence-corrected chi connectivity index (χ0v) is 76.3. The van der Waals surface area contributed by atoms with Crippen molar-refractivity contribution in [2.24, 2.45) is 0 Å². The van der Waals surface area contributed by atoms with Crippen molar-refractivity contribution in [3.8, 4) is 17.2 Å². The molecule has 600 valence electrons. The van der Waals surface area contributed by atoms with Gasteiger partial charge in [-0.05, 0) is 323 Å². The molecule has 0 bridgehead atoms. The maximum Gasteiger partial charge on any atom is 0.121 e. The molecule has 0 radical (unpaired) electrons. The van der Waals surface area contributed by atoms with Gasteiger partial charge in [-0.1, -0.05) is 314 Å². The Balaban J connectivity index is 0.000000612. The van der Waals surface area contributed by atoms with Gasteiger partial charge in [-0.25, -0.2) is 0 Å². The molecule has 0 unspecified atom stereocenters. The van der Waals surface area contributed by atoms with Crippen molar-refractivity contribution in [3.05, 3.63) is 438 Å². The second-order valence-corrected chi connectivity index (χ2v) is 30.4. The maximum absolute atomic E-state index is 5.75. The molecule has 0 aliphatic rings. The van der Waals surface area contributed by atoms with E-state index in [9.17, 15) is 0 Å². The number of rotatable bonds is 3. The lowest BCUT2D eigenvalue weighted by Gasteiger charge is -2.00. The summed E-state index contributed by atoms with van der Waals surface area (Å²) in [6.45, 7) is 52.4. The molecule has 0 spiro atoms. The number of aryl methyl sites for hydroxylation is 24. The van der Waals surface area contributed by atoms with Crippen LogP contribution in [0.3, 0.4) is 0 Å². The van der Waals surface area contributed by atoms with E-state index in [-0.39, 0.29) is 0 Å². The lowest BCUT2D eigenvalue weighted by Crippen LogP contribution is -1.84. The van der Waals surface area contributed by atoms with Crippen LogP contribution in [-0.4, -0.2) is 21.3 Å². The molecule has 113 heavy (non-hydrogen) atoms. The summed E-state index contributed by atoms with van der Waals surface area (Å²) in [6, 6.07) is 94.3. The van der Waals surface area contributed by atoms with Crippen molar-refractivity contribution in [2.45, 2.75) is 173 Å². The first-order valence-electron chi connectivity index (χ1n) is 38.3. The van der Waals surface area contributed by atoms with Crippen molar-refractivity contribution >= 4 is 46.4 Å². The zero-order chi connectivity index (χ0) is 85.1. The Kier molecular flexibility index (Phi) is 51.6. The number of benzene rings is 13. The highest BCUT2D eigenvalue weighted by molar-refractivity contribution is 6.33. The number of halogens is 4. The van der Waals surface area contributed by atoms with E-state index in [1.807, 2.05) is 157 Å². The summed E-state index contributed by atoms with van der Waals surface area (Å²) in [7, 11) is 5.03. The Morgan fingerprint density at radius 1 is 0.168 bits per heavy atom. The molecule has 3 nitrogen and oxygen atoms in total. The number of methoxy groups -OCH3 is 3. The molecule has 0 atom stereocenters. The molecule has 0 N–H and O–H groups in total. The SMILES string of the molecule is COc1ccc(C)cc1.COc1cccc(C)c1.COc1ccccc1C.Cc1cc(C)cc(C)c1.Cc1cc(C)cc(Cl)c1.Cc1cc(Cl)ccc1Cl.Cc1ccc(C)c(C)c1.Cc1ccc(C)c(C)c1.Cc1ccc(C)cc1.Cc1cccc(C)c1.Cc1cccc(C)c1C.Cc1ccccc1C.Cc1ccccc1Cl. The minimum atomic E-state index is 0.733. The Hall–Kier alpha value is -9.58. The van der Waals surface area contributed by atoms with Crippen LogP contribution in [0.2, 0.25) is 20.1 Å². The van der Waals surface area contributed by atoms with Crippen LogP contribution in [0.15, 0.2) is 279 Å². The number of hydrogen-bond acceptors (Lipinski definition) is 3. The highest BCUT2D eigenvalue weighted by Crippen LogP contribution is 2.21. The third-order valence-electron chi connectivity index (χ3n) is 17.6. The molecule has 0 aliphatic heterocycles. The molecule has 0 saturated carbocycles. The molecule has 13 rings (SSSR count). The Morgan fingerprint density at radius 3 is 0.761 bits per heavy atom. The number of hydrogen-bond donors (Lipinski definition) is 0. The van der Waals surface area contributed by atoms with Gasteiger partial charge in [0.25, 0.3) is 0 Å². The predicted octanol–water partition coefficient (Wildman–Crippen LogP) is 32.3. The van der Waals surface area contributed by atoms with Crippen LogP contribution < -0.4 is 14.2 Å². The van der Waals surface area contributed by atoms with Gasteiger partial charge in [-0.2, -0.15) is 0 Å². The van der Waals surface area contributed by atoms with Crippen molar-refractivity contribution < 1.29 is 14.2 Å². The van der Waals surface area contributed by atoms with Crippen LogP contribution in [-0.2, 0) is 0 Å². The maximum atomic E-state index is 5.75. The summed E-state index contributed by atoms with van der Waals surface area (Å²) < 4.78 is 15.0. The van der Waals surface area contributed by atoms with Crippen LogP contribution in [0.25, 0.3) is 0 Å². The summed E-state index contributed by atoms with van der Waals surface area (Å²) in [5.74, 6) is 2.80. The Morgan fingerprint density at radius 2 is 0.478 bits per heavy atom. The first kappa shape index (κ1) is 101. The van der Waals surface area contributed by atoms with E-state index in [0.29, 0.717) is 0 Å². The van der Waals surface area contributed by atoms with E-state index in [2.05, 4.69) is 283 Å². The van der Waals surface area contributed by atoms with Gasteiger partial charge in [0.2, 0.25) is 0 Å². The second kappa shape index (κ2) is 57.4. The van der Waals surface area contributed by atoms with Gasteiger partial charge in [0, 0.05) is 20.1 Å². The minimum absolute atomic E-state index is 0.733. The fourth-order valence-corrected chi connectivity index (χ4v) is 11.1. The molecule has 0 aromatic heterocycles. The predicted molar refractivity (Wildman–Crippen MR) is 502 cm³/mol. The van der Waals surface area contributed by atoms with Crippen LogP contribution >= 0.6 is 46.4 Å². The zero-order valence-electron chi connectivity index (χ0n) is 73.3. The first-order valence-corrected chi connectivity index (χ1v) is 39.8. The average molecular weight is 1590 g/mol. The van der Waals surface area contributed by atoms with Crippen LogP contribution in [0.4, 0.5) is 0 Å². The fourth-order valence-electron chi connectivity index (χ4n) is 10.3. The first-order chi connectivity index (χ1) is 53.4. The summed E-state index contributed by atoms with van der Waals surface area (Å²) >= 11 is 22.8. The summed E-state index contributed by atoms with van der Waals surface area (Å²) in [5, 5.41) is 3.16. The smallest absolute Gasteiger partial charge is 0.121 e. The normalized spacial score (nSPS) is 9.42. The highest BCUT2D eigenvalue weighted by atomic mass is 35.5. The molecule has 7 heteroatoms. The van der Waals surface area contributed by atoms with Crippen LogP contribution in [0.5, 0.6) is 17.2 Å². The molecule has 13 aromatic rings. The lowest BCUT2D eigenvalue weighted by atomic mass is 10.1. The highest BCUT2D eigenvalue weighted by Gasteiger charge is 1.98. The van der Waals surface area contributed by atoms with Gasteiger partial charge in [0.15, 0.2) is 0 Å². The van der Waals surface area contributed by atoms with E-state index in [0.717, 1.165) is 48.5 Å². The van der Waals surface area contributed by atoms with Gasteiger partial charge in [0.05, 0.1) is 21.3 Å². The van der Waals surface area contributed by atoms with E-state index >= 15 is 0 Å². The fraction of sp³-hybridized carbons (Fsp3) is 0.264. The third kappa shape index (κ3) is 48.2. The molecule has 0 fully saturated rings. The van der Waals surface area contributed by atoms with Gasteiger partial charge < -0.3 is 14.2 Å². The topological polar surface area (TPSA) is 27.7 Å². The summed E-state index contributed by atoms with van der Waals surface area (Å²) in [6.07, 6.45) is 0. The van der Waals surface area contributed by atoms with Gasteiger partial charge in [-0.15, -0.1) is 0 Å². The van der Waals surface area contributed by atoms with Crippen LogP contribution in [0.1, 0.15) is 139 Å². The van der Waals surface area contributed by atoms with E-state index in [1.165, 1.54) is 128 Å². The minimum Gasteiger partial charge on any atom is -0.497 e. The average Bonchev–Trinajstić information content (AvgIpc) is 0.879. The van der Waals surface area contributed by atoms with Gasteiger partial charge in [0.1, 0.15) is 17.2 Å². The third-order valence-corrected chi connectivity index (χ3v) is 18.9. The standard InChI is InChI=1S/4C9H12.C8H9Cl.3C8H10O.3C8H10.C7H6Cl2.C7H7Cl/c1-7-4-8(2)6-9(3)5-7;2*1-7-4-5-8(2)9(3)6-7;1-7-5-4-6-8(2)9(7)3;1-6-3-7(2)5-8(9)4-6;1-7-3-5-8(9-2)6-4-7;1-7-4-3-5-8(6-7)9-2;1-7-5-3-4-6-8(7)9-2;1-7-3-5-8(2)6-4-7;1-7-4-3-5-8(2)6-7;1-7-5-3-4-6-8(7)2;1-5-4-6(8)2-3-7(5)9;1-6-4-2-3-5-7(6)8/h4*4-6H,1-3H3;3-5H,1-2H3;3*3-6H,1-2H3;3*3-6H,1-2H3;2-4H,1H3;2-5H,1H3. The summed E-state index contributed by atoms with van der Waals surface area (Å²) in [5.41, 5.74) is 32.8. The Bertz CT molecular complexity index is 4390. The second-order valence-electron chi connectivity index (χ2n) is 28.7. The van der Waals surface area contributed by atoms with E-state index < -0.39 is 0 Å². The molecule has 0 amide bonds. The molecule has 0 saturated heterocycles. The Labute approximate surface area is 705 Å². The van der Waals surface area contributed by atoms with E-state index in [1.54, 1.807) is 33.5 Å². The van der Waals surface area contributed by atoms with Gasteiger partial charge >= 0.3 is 0 Å². The van der Waals surface area contributed by atoms with Gasteiger partial charge in [-0.3, -0.25) is 0 Å². The monoisotopic (exact) mass is 1590 g/mol. The molecule has 0 aliphatic carbocycles. The summed E-state index contributed by atoms with van der Waals surface area (Å²) in [4.78, 5) is 0. The lowest BCUT2D eigenvalue weighted by molar-refractivity contribution is 0.411. The molecular weight excluding hydrogens is 1460 g/mol. The molecule has 13 aromatic carbocycles. The van der Waals surface area contributed by atoms with E-state index in [4.69, 9.17) is 60.6 Å². The van der Waals surface area contributed by atoms with Crippen LogP contribution in [0, 0.1) is 173 Å². The number of ether oxygens (including phenoxy) is 3. The molecule has 0 heterocycles. The van der Waals surface area contributed by atoms with Crippen molar-refractivity contribution in [2.75, 3.05) is 21.3 Å². The number of para-hydroxylation sites is 1.